The van der Waals surface area contributed by atoms with Gasteiger partial charge in [-0.3, -0.25) is 5.84 Å². The minimum Gasteiger partial charge on any atom is -0.457 e. The Morgan fingerprint density at radius 3 is 2.58 bits per heavy atom. The van der Waals surface area contributed by atoms with Crippen LogP contribution < -0.4 is 11.3 Å². The number of hydrogen-bond donors (Lipinski definition) is 2. The molecule has 3 N–H and O–H groups in total. The van der Waals surface area contributed by atoms with Crippen molar-refractivity contribution in [2.75, 3.05) is 0 Å². The minimum absolute atomic E-state index is 0.0371. The molecule has 2 aromatic rings. The Labute approximate surface area is 121 Å². The number of nitrogens with two attached hydrogens (primary N) is 1. The van der Waals surface area contributed by atoms with E-state index in [1.54, 1.807) is 6.26 Å². The van der Waals surface area contributed by atoms with E-state index in [9.17, 15) is 0 Å². The molecule has 1 aliphatic carbocycles. The van der Waals surface area contributed by atoms with Crippen LogP contribution in [0.5, 0.6) is 0 Å². The smallest absolute Gasteiger partial charge is 0.174 e. The van der Waals surface area contributed by atoms with Crippen molar-refractivity contribution in [1.82, 2.24) is 5.43 Å². The molecule has 19 heavy (non-hydrogen) atoms. The van der Waals surface area contributed by atoms with Gasteiger partial charge in [0.15, 0.2) is 4.67 Å². The highest BCUT2D eigenvalue weighted by atomic mass is 79.9. The standard InChI is InChI=1S/C15H17BrN2O/c16-15-13(8-9-19-15)14(18-17)12-7-2-1-6-11(12)10-4-3-5-10/h1-2,6-10,14,18H,3-5,17H2. The Kier molecular flexibility index (Phi) is 3.73. The second kappa shape index (κ2) is 5.49. The summed E-state index contributed by atoms with van der Waals surface area (Å²) in [6.07, 6.45) is 5.56. The highest BCUT2D eigenvalue weighted by molar-refractivity contribution is 9.10. The van der Waals surface area contributed by atoms with Crippen LogP contribution in [0.4, 0.5) is 0 Å². The normalized spacial score (nSPS) is 17.2. The zero-order valence-electron chi connectivity index (χ0n) is 10.6. The van der Waals surface area contributed by atoms with Gasteiger partial charge in [-0.25, -0.2) is 5.43 Å². The first-order valence-electron chi connectivity index (χ1n) is 6.59. The van der Waals surface area contributed by atoms with Crippen LogP contribution in [0.2, 0.25) is 0 Å². The maximum Gasteiger partial charge on any atom is 0.174 e. The lowest BCUT2D eigenvalue weighted by molar-refractivity contribution is 0.414. The summed E-state index contributed by atoms with van der Waals surface area (Å²) in [6, 6.07) is 10.5. The summed E-state index contributed by atoms with van der Waals surface area (Å²) in [4.78, 5) is 0. The Hall–Kier alpha value is -1.10. The molecule has 0 bridgehead atoms. The van der Waals surface area contributed by atoms with Crippen molar-refractivity contribution in [2.24, 2.45) is 5.84 Å². The van der Waals surface area contributed by atoms with E-state index in [1.807, 2.05) is 6.07 Å². The van der Waals surface area contributed by atoms with Gasteiger partial charge in [-0.1, -0.05) is 30.7 Å². The van der Waals surface area contributed by atoms with Crippen LogP contribution in [0.25, 0.3) is 0 Å². The average molecular weight is 321 g/mol. The Morgan fingerprint density at radius 2 is 2.00 bits per heavy atom. The lowest BCUT2D eigenvalue weighted by Crippen LogP contribution is -2.30. The van der Waals surface area contributed by atoms with Crippen molar-refractivity contribution in [3.8, 4) is 0 Å². The molecule has 1 aliphatic rings. The fraction of sp³-hybridized carbons (Fsp3) is 0.333. The lowest BCUT2D eigenvalue weighted by atomic mass is 9.77. The molecule has 0 aliphatic heterocycles. The molecule has 1 heterocycles. The third kappa shape index (κ3) is 2.36. The molecule has 0 spiro atoms. The summed E-state index contributed by atoms with van der Waals surface area (Å²) in [5.74, 6) is 6.46. The highest BCUT2D eigenvalue weighted by Gasteiger charge is 2.26. The van der Waals surface area contributed by atoms with Crippen molar-refractivity contribution in [3.05, 3.63) is 58.0 Å². The average Bonchev–Trinajstić information content (AvgIpc) is 2.77. The zero-order chi connectivity index (χ0) is 13.2. The van der Waals surface area contributed by atoms with E-state index >= 15 is 0 Å². The lowest BCUT2D eigenvalue weighted by Gasteiger charge is -2.30. The summed E-state index contributed by atoms with van der Waals surface area (Å²) in [6.45, 7) is 0. The number of rotatable bonds is 4. The van der Waals surface area contributed by atoms with Crippen molar-refractivity contribution < 1.29 is 4.42 Å². The SMILES string of the molecule is NNC(c1ccccc1C1CCC1)c1ccoc1Br. The topological polar surface area (TPSA) is 51.2 Å². The predicted octanol–water partition coefficient (Wildman–Crippen LogP) is 3.86. The van der Waals surface area contributed by atoms with Crippen molar-refractivity contribution in [3.63, 3.8) is 0 Å². The van der Waals surface area contributed by atoms with Gasteiger partial charge in [-0.15, -0.1) is 0 Å². The van der Waals surface area contributed by atoms with Crippen molar-refractivity contribution in [2.45, 2.75) is 31.2 Å². The molecule has 0 radical (unpaired) electrons. The third-order valence-corrected chi connectivity index (χ3v) is 4.62. The molecular weight excluding hydrogens is 304 g/mol. The van der Waals surface area contributed by atoms with E-state index in [2.05, 4.69) is 45.6 Å². The van der Waals surface area contributed by atoms with E-state index in [0.29, 0.717) is 5.92 Å². The van der Waals surface area contributed by atoms with E-state index in [0.717, 1.165) is 10.2 Å². The van der Waals surface area contributed by atoms with Gasteiger partial charge in [-0.2, -0.15) is 0 Å². The predicted molar refractivity (Wildman–Crippen MR) is 78.6 cm³/mol. The fourth-order valence-corrected chi connectivity index (χ4v) is 3.19. The van der Waals surface area contributed by atoms with E-state index < -0.39 is 0 Å². The number of nitrogens with one attached hydrogen (secondary N) is 1. The monoisotopic (exact) mass is 320 g/mol. The quantitative estimate of drug-likeness (QED) is 0.664. The number of hydrogen-bond acceptors (Lipinski definition) is 3. The second-order valence-electron chi connectivity index (χ2n) is 5.01. The van der Waals surface area contributed by atoms with E-state index in [4.69, 9.17) is 10.3 Å². The fourth-order valence-electron chi connectivity index (χ4n) is 2.72. The van der Waals surface area contributed by atoms with Crippen LogP contribution in [-0.4, -0.2) is 0 Å². The molecule has 1 aromatic carbocycles. The summed E-state index contributed by atoms with van der Waals surface area (Å²) in [7, 11) is 0. The van der Waals surface area contributed by atoms with E-state index in [1.165, 1.54) is 30.4 Å². The van der Waals surface area contributed by atoms with Gasteiger partial charge in [0.25, 0.3) is 0 Å². The molecule has 4 heteroatoms. The molecule has 100 valence electrons. The Morgan fingerprint density at radius 1 is 1.21 bits per heavy atom. The van der Waals surface area contributed by atoms with Gasteiger partial charge in [0.1, 0.15) is 0 Å². The van der Waals surface area contributed by atoms with Gasteiger partial charge >= 0.3 is 0 Å². The molecule has 1 aromatic heterocycles. The van der Waals surface area contributed by atoms with Crippen LogP contribution >= 0.6 is 15.9 Å². The van der Waals surface area contributed by atoms with Gasteiger partial charge in [-0.05, 0) is 51.9 Å². The molecular formula is C15H17BrN2O. The molecule has 3 rings (SSSR count). The first-order valence-corrected chi connectivity index (χ1v) is 7.38. The Balaban J connectivity index is 2.02. The van der Waals surface area contributed by atoms with Crippen LogP contribution in [-0.2, 0) is 0 Å². The summed E-state index contributed by atoms with van der Waals surface area (Å²) < 4.78 is 6.07. The van der Waals surface area contributed by atoms with Crippen molar-refractivity contribution in [1.29, 1.82) is 0 Å². The Bertz CT molecular complexity index is 563. The number of halogens is 1. The molecule has 1 atom stereocenters. The van der Waals surface area contributed by atoms with Crippen LogP contribution in [0.15, 0.2) is 45.7 Å². The molecule has 0 amide bonds. The zero-order valence-corrected chi connectivity index (χ0v) is 12.2. The number of benzene rings is 1. The van der Waals surface area contributed by atoms with Crippen LogP contribution in [0.3, 0.4) is 0 Å². The number of furan rings is 1. The largest absolute Gasteiger partial charge is 0.457 e. The first kappa shape index (κ1) is 12.9. The second-order valence-corrected chi connectivity index (χ2v) is 5.73. The first-order chi connectivity index (χ1) is 9.31. The maximum absolute atomic E-state index is 5.78. The minimum atomic E-state index is -0.0371. The summed E-state index contributed by atoms with van der Waals surface area (Å²) in [5, 5.41) is 0. The van der Waals surface area contributed by atoms with Crippen LogP contribution in [0.1, 0.15) is 47.9 Å². The summed E-state index contributed by atoms with van der Waals surface area (Å²) >= 11 is 3.44. The molecule has 0 saturated heterocycles. The van der Waals surface area contributed by atoms with Gasteiger partial charge in [0.2, 0.25) is 0 Å². The molecule has 3 nitrogen and oxygen atoms in total. The highest BCUT2D eigenvalue weighted by Crippen LogP contribution is 2.41. The van der Waals surface area contributed by atoms with Gasteiger partial charge in [0.05, 0.1) is 12.3 Å². The molecule has 1 saturated carbocycles. The van der Waals surface area contributed by atoms with Crippen LogP contribution in [0, 0.1) is 0 Å². The summed E-state index contributed by atoms with van der Waals surface area (Å²) in [5.41, 5.74) is 6.61. The van der Waals surface area contributed by atoms with Crippen molar-refractivity contribution >= 4 is 15.9 Å². The van der Waals surface area contributed by atoms with Gasteiger partial charge in [0, 0.05) is 5.56 Å². The van der Waals surface area contributed by atoms with Gasteiger partial charge < -0.3 is 4.42 Å². The molecule has 1 fully saturated rings. The third-order valence-electron chi connectivity index (χ3n) is 3.98. The number of hydrazine groups is 1. The molecule has 1 unspecified atom stereocenters. The van der Waals surface area contributed by atoms with E-state index in [-0.39, 0.29) is 6.04 Å². The maximum atomic E-state index is 5.78.